The summed E-state index contributed by atoms with van der Waals surface area (Å²) in [5, 5.41) is 2.83. The molecule has 0 atom stereocenters. The molecule has 2 aromatic rings. The number of carbonyl (C=O) groups excluding carboxylic acids is 1. The third-order valence-corrected chi connectivity index (χ3v) is 4.63. The van der Waals surface area contributed by atoms with Gasteiger partial charge in [-0.25, -0.2) is 4.79 Å². The summed E-state index contributed by atoms with van der Waals surface area (Å²) >= 11 is 0. The van der Waals surface area contributed by atoms with Crippen LogP contribution in [0.4, 0.5) is 0 Å². The Balaban J connectivity index is 1.75. The summed E-state index contributed by atoms with van der Waals surface area (Å²) in [4.78, 5) is 43.5. The largest absolute Gasteiger partial charge is 0.352 e. The second-order valence-electron chi connectivity index (χ2n) is 6.43. The van der Waals surface area contributed by atoms with Crippen LogP contribution in [0.3, 0.4) is 0 Å². The first-order valence-electron chi connectivity index (χ1n) is 8.66. The Bertz CT molecular complexity index is 835. The van der Waals surface area contributed by atoms with Crippen molar-refractivity contribution in [1.29, 1.82) is 0 Å². The lowest BCUT2D eigenvalue weighted by atomic mass is 9.89. The van der Waals surface area contributed by atoms with E-state index in [9.17, 15) is 14.4 Å². The maximum Gasteiger partial charge on any atom is 0.328 e. The SMILES string of the molecule is O=C(NCC1CCCCC1)c1c[nH]c(=O)n(Cc2ccccn2)c1=O. The molecule has 132 valence electrons. The monoisotopic (exact) mass is 342 g/mol. The molecule has 0 saturated heterocycles. The number of nitrogens with zero attached hydrogens (tertiary/aromatic N) is 2. The number of amides is 1. The van der Waals surface area contributed by atoms with Crippen molar-refractivity contribution in [1.82, 2.24) is 19.9 Å². The average molecular weight is 342 g/mol. The predicted octanol–water partition coefficient (Wildman–Crippen LogP) is 1.29. The molecule has 2 aromatic heterocycles. The summed E-state index contributed by atoms with van der Waals surface area (Å²) in [6, 6.07) is 5.26. The van der Waals surface area contributed by atoms with E-state index in [0.717, 1.165) is 17.4 Å². The zero-order valence-corrected chi connectivity index (χ0v) is 14.0. The van der Waals surface area contributed by atoms with Gasteiger partial charge in [-0.2, -0.15) is 0 Å². The fourth-order valence-electron chi connectivity index (χ4n) is 3.19. The van der Waals surface area contributed by atoms with Crippen molar-refractivity contribution in [2.45, 2.75) is 38.6 Å². The van der Waals surface area contributed by atoms with E-state index < -0.39 is 17.2 Å². The zero-order chi connectivity index (χ0) is 17.6. The molecule has 1 aliphatic carbocycles. The molecule has 0 bridgehead atoms. The second-order valence-corrected chi connectivity index (χ2v) is 6.43. The summed E-state index contributed by atoms with van der Waals surface area (Å²) in [5.41, 5.74) is -0.628. The number of rotatable bonds is 5. The Morgan fingerprint density at radius 1 is 1.24 bits per heavy atom. The molecule has 0 radical (unpaired) electrons. The third kappa shape index (κ3) is 4.23. The number of nitrogens with one attached hydrogen (secondary N) is 2. The number of pyridine rings is 1. The molecule has 25 heavy (non-hydrogen) atoms. The van der Waals surface area contributed by atoms with Crippen molar-refractivity contribution in [3.63, 3.8) is 0 Å². The van der Waals surface area contributed by atoms with Crippen LogP contribution < -0.4 is 16.6 Å². The van der Waals surface area contributed by atoms with E-state index in [1.165, 1.54) is 25.5 Å². The fourth-order valence-corrected chi connectivity index (χ4v) is 3.19. The van der Waals surface area contributed by atoms with Gasteiger partial charge in [0.15, 0.2) is 0 Å². The number of carbonyl (C=O) groups is 1. The summed E-state index contributed by atoms with van der Waals surface area (Å²) in [6.45, 7) is 0.594. The standard InChI is InChI=1S/C18H22N4O3/c23-16(20-10-13-6-2-1-3-7-13)15-11-21-18(25)22(17(15)24)12-14-8-4-5-9-19-14/h4-5,8-9,11,13H,1-3,6-7,10,12H2,(H,20,23)(H,21,25). The number of aromatic nitrogens is 3. The Hall–Kier alpha value is -2.70. The molecular weight excluding hydrogens is 320 g/mol. The number of H-pyrrole nitrogens is 1. The van der Waals surface area contributed by atoms with Crippen LogP contribution in [0.15, 0.2) is 40.2 Å². The predicted molar refractivity (Wildman–Crippen MR) is 93.6 cm³/mol. The van der Waals surface area contributed by atoms with Gasteiger partial charge < -0.3 is 10.3 Å². The lowest BCUT2D eigenvalue weighted by Gasteiger charge is -2.21. The van der Waals surface area contributed by atoms with Crippen molar-refractivity contribution in [3.05, 3.63) is 62.7 Å². The molecule has 7 nitrogen and oxygen atoms in total. The molecule has 2 N–H and O–H groups in total. The van der Waals surface area contributed by atoms with Crippen LogP contribution >= 0.6 is 0 Å². The molecule has 0 aliphatic heterocycles. The molecule has 1 aliphatic rings. The summed E-state index contributed by atoms with van der Waals surface area (Å²) in [7, 11) is 0. The van der Waals surface area contributed by atoms with Gasteiger partial charge in [0.25, 0.3) is 11.5 Å². The minimum Gasteiger partial charge on any atom is -0.352 e. The summed E-state index contributed by atoms with van der Waals surface area (Å²) in [5.74, 6) is 0.0257. The Morgan fingerprint density at radius 2 is 2.04 bits per heavy atom. The summed E-state index contributed by atoms with van der Waals surface area (Å²) in [6.07, 6.45) is 8.63. The lowest BCUT2D eigenvalue weighted by Crippen LogP contribution is -2.41. The van der Waals surface area contributed by atoms with E-state index in [1.54, 1.807) is 24.4 Å². The highest BCUT2D eigenvalue weighted by Crippen LogP contribution is 2.22. The Kier molecular flexibility index (Phi) is 5.42. The second kappa shape index (κ2) is 7.92. The first kappa shape index (κ1) is 17.1. The maximum absolute atomic E-state index is 12.5. The van der Waals surface area contributed by atoms with Gasteiger partial charge in [0.2, 0.25) is 0 Å². The molecule has 0 unspecified atom stereocenters. The number of hydrogen-bond acceptors (Lipinski definition) is 4. The van der Waals surface area contributed by atoms with E-state index in [1.807, 2.05) is 0 Å². The van der Waals surface area contributed by atoms with Crippen molar-refractivity contribution < 1.29 is 4.79 Å². The van der Waals surface area contributed by atoms with Crippen molar-refractivity contribution >= 4 is 5.91 Å². The van der Waals surface area contributed by atoms with Crippen LogP contribution in [0.1, 0.15) is 48.2 Å². The van der Waals surface area contributed by atoms with Crippen LogP contribution in [0, 0.1) is 5.92 Å². The van der Waals surface area contributed by atoms with E-state index in [0.29, 0.717) is 18.2 Å². The molecule has 2 heterocycles. The quantitative estimate of drug-likeness (QED) is 0.856. The van der Waals surface area contributed by atoms with Crippen molar-refractivity contribution in [2.24, 2.45) is 5.92 Å². The molecule has 3 rings (SSSR count). The zero-order valence-electron chi connectivity index (χ0n) is 14.0. The number of aromatic amines is 1. The molecule has 1 saturated carbocycles. The Morgan fingerprint density at radius 3 is 2.76 bits per heavy atom. The van der Waals surface area contributed by atoms with Gasteiger partial charge in [0.05, 0.1) is 12.2 Å². The lowest BCUT2D eigenvalue weighted by molar-refractivity contribution is 0.0941. The highest BCUT2D eigenvalue weighted by atomic mass is 16.2. The van der Waals surface area contributed by atoms with Gasteiger partial charge in [-0.1, -0.05) is 25.3 Å². The van der Waals surface area contributed by atoms with Gasteiger partial charge in [-0.15, -0.1) is 0 Å². The maximum atomic E-state index is 12.5. The molecule has 0 spiro atoms. The highest BCUT2D eigenvalue weighted by molar-refractivity contribution is 5.93. The van der Waals surface area contributed by atoms with Gasteiger partial charge in [-0.05, 0) is 30.9 Å². The van der Waals surface area contributed by atoms with Crippen LogP contribution in [0.25, 0.3) is 0 Å². The minimum atomic E-state index is -0.601. The van der Waals surface area contributed by atoms with Gasteiger partial charge >= 0.3 is 5.69 Å². The van der Waals surface area contributed by atoms with Crippen molar-refractivity contribution in [2.75, 3.05) is 6.54 Å². The molecule has 1 fully saturated rings. The van der Waals surface area contributed by atoms with Crippen LogP contribution in [-0.2, 0) is 6.54 Å². The Labute approximate surface area is 145 Å². The van der Waals surface area contributed by atoms with Gasteiger partial charge in [0.1, 0.15) is 5.56 Å². The fraction of sp³-hybridized carbons (Fsp3) is 0.444. The van der Waals surface area contributed by atoms with E-state index in [4.69, 9.17) is 0 Å². The van der Waals surface area contributed by atoms with Crippen LogP contribution in [0.5, 0.6) is 0 Å². The van der Waals surface area contributed by atoms with Gasteiger partial charge in [-0.3, -0.25) is 19.1 Å². The van der Waals surface area contributed by atoms with Gasteiger partial charge in [0, 0.05) is 18.9 Å². The van der Waals surface area contributed by atoms with Crippen molar-refractivity contribution in [3.8, 4) is 0 Å². The van der Waals surface area contributed by atoms with E-state index >= 15 is 0 Å². The smallest absolute Gasteiger partial charge is 0.328 e. The normalized spacial score (nSPS) is 15.0. The summed E-state index contributed by atoms with van der Waals surface area (Å²) < 4.78 is 0.998. The first-order valence-corrected chi connectivity index (χ1v) is 8.66. The van der Waals surface area contributed by atoms with Crippen LogP contribution in [0.2, 0.25) is 0 Å². The van der Waals surface area contributed by atoms with E-state index in [-0.39, 0.29) is 12.1 Å². The molecule has 0 aromatic carbocycles. The number of hydrogen-bond donors (Lipinski definition) is 2. The van der Waals surface area contributed by atoms with Crippen LogP contribution in [-0.4, -0.2) is 27.0 Å². The average Bonchev–Trinajstić information content (AvgIpc) is 2.65. The van der Waals surface area contributed by atoms with E-state index in [2.05, 4.69) is 15.3 Å². The molecule has 1 amide bonds. The third-order valence-electron chi connectivity index (χ3n) is 4.63. The molecule has 7 heteroatoms. The highest BCUT2D eigenvalue weighted by Gasteiger charge is 2.18. The molecular formula is C18H22N4O3. The minimum absolute atomic E-state index is 0.0265. The first-order chi connectivity index (χ1) is 12.1. The topological polar surface area (TPSA) is 96.8 Å².